The zero-order chi connectivity index (χ0) is 17.2. The van der Waals surface area contributed by atoms with E-state index in [2.05, 4.69) is 102 Å². The minimum absolute atomic E-state index is 0.976. The third-order valence-corrected chi connectivity index (χ3v) is 4.88. The van der Waals surface area contributed by atoms with E-state index in [1.807, 2.05) is 0 Å². The molecular formula is C23H23N2+. The predicted octanol–water partition coefficient (Wildman–Crippen LogP) is 5.29. The Morgan fingerprint density at radius 1 is 0.840 bits per heavy atom. The Morgan fingerprint density at radius 3 is 2.48 bits per heavy atom. The van der Waals surface area contributed by atoms with Crippen LogP contribution < -0.4 is 4.57 Å². The molecule has 4 rings (SSSR count). The molecule has 0 N–H and O–H groups in total. The topological polar surface area (TPSA) is 8.81 Å². The zero-order valence-corrected chi connectivity index (χ0v) is 14.8. The van der Waals surface area contributed by atoms with Crippen molar-refractivity contribution in [1.29, 1.82) is 0 Å². The van der Waals surface area contributed by atoms with Crippen molar-refractivity contribution in [3.05, 3.63) is 78.1 Å². The standard InChI is InChI=1S/C23H23N2/c1-3-24-16-8-7-9-19(24)14-12-18-13-15-23-21(17-18)20-10-5-6-11-22(20)25(23)4-2/h5-17H,3-4H2,1-2H3/q+1. The highest BCUT2D eigenvalue weighted by molar-refractivity contribution is 6.08. The number of fused-ring (bicyclic) bond motifs is 3. The summed E-state index contributed by atoms with van der Waals surface area (Å²) in [4.78, 5) is 0. The summed E-state index contributed by atoms with van der Waals surface area (Å²) >= 11 is 0. The second kappa shape index (κ2) is 6.56. The molecule has 2 heterocycles. The van der Waals surface area contributed by atoms with E-state index in [0.29, 0.717) is 0 Å². The number of hydrogen-bond donors (Lipinski definition) is 0. The highest BCUT2D eigenvalue weighted by atomic mass is 15.0. The summed E-state index contributed by atoms with van der Waals surface area (Å²) < 4.78 is 4.64. The van der Waals surface area contributed by atoms with Crippen LogP contribution in [-0.2, 0) is 13.1 Å². The SMILES string of the molecule is CCn1c2ccccc2c2cc(/C=C/c3cccc[n+]3CC)ccc21. The van der Waals surface area contributed by atoms with Gasteiger partial charge in [-0.1, -0.05) is 24.3 Å². The maximum atomic E-state index is 2.39. The first kappa shape index (κ1) is 15.6. The van der Waals surface area contributed by atoms with Crippen molar-refractivity contribution in [3.8, 4) is 0 Å². The summed E-state index contributed by atoms with van der Waals surface area (Å²) in [6.07, 6.45) is 6.53. The Morgan fingerprint density at radius 2 is 1.64 bits per heavy atom. The number of rotatable bonds is 4. The van der Waals surface area contributed by atoms with Crippen molar-refractivity contribution in [2.45, 2.75) is 26.9 Å². The molecule has 4 aromatic rings. The van der Waals surface area contributed by atoms with Crippen LogP contribution in [0, 0.1) is 0 Å². The number of aromatic nitrogens is 2. The fourth-order valence-electron chi connectivity index (χ4n) is 3.63. The monoisotopic (exact) mass is 327 g/mol. The van der Waals surface area contributed by atoms with Gasteiger partial charge in [0, 0.05) is 46.6 Å². The van der Waals surface area contributed by atoms with Crippen LogP contribution in [0.1, 0.15) is 25.1 Å². The summed E-state index contributed by atoms with van der Waals surface area (Å²) in [5.74, 6) is 0. The molecule has 0 fully saturated rings. The molecule has 0 radical (unpaired) electrons. The molecule has 0 amide bonds. The largest absolute Gasteiger partial charge is 0.341 e. The van der Waals surface area contributed by atoms with E-state index in [-0.39, 0.29) is 0 Å². The molecule has 2 nitrogen and oxygen atoms in total. The Labute approximate surface area is 148 Å². The van der Waals surface area contributed by atoms with Crippen molar-refractivity contribution < 1.29 is 4.57 Å². The van der Waals surface area contributed by atoms with Gasteiger partial charge in [0.1, 0.15) is 6.54 Å². The first-order valence-corrected chi connectivity index (χ1v) is 8.99. The lowest BCUT2D eigenvalue weighted by molar-refractivity contribution is -0.695. The Balaban J connectivity index is 1.82. The molecule has 0 aliphatic heterocycles. The summed E-state index contributed by atoms with van der Waals surface area (Å²) in [7, 11) is 0. The molecule has 0 unspecified atom stereocenters. The van der Waals surface area contributed by atoms with Gasteiger partial charge in [-0.3, -0.25) is 0 Å². The second-order valence-corrected chi connectivity index (χ2v) is 6.28. The first-order valence-electron chi connectivity index (χ1n) is 8.99. The fourth-order valence-corrected chi connectivity index (χ4v) is 3.63. The van der Waals surface area contributed by atoms with Crippen LogP contribution in [0.4, 0.5) is 0 Å². The fraction of sp³-hybridized carbons (Fsp3) is 0.174. The average molecular weight is 327 g/mol. The van der Waals surface area contributed by atoms with Crippen molar-refractivity contribution in [3.63, 3.8) is 0 Å². The van der Waals surface area contributed by atoms with E-state index in [1.54, 1.807) is 0 Å². The summed E-state index contributed by atoms with van der Waals surface area (Å²) in [6, 6.07) is 21.8. The average Bonchev–Trinajstić information content (AvgIpc) is 2.99. The lowest BCUT2D eigenvalue weighted by Gasteiger charge is -2.02. The van der Waals surface area contributed by atoms with E-state index in [0.717, 1.165) is 13.1 Å². The molecule has 25 heavy (non-hydrogen) atoms. The Bertz CT molecular complexity index is 1070. The third-order valence-electron chi connectivity index (χ3n) is 4.88. The molecule has 2 heteroatoms. The van der Waals surface area contributed by atoms with Crippen LogP contribution in [0.15, 0.2) is 66.9 Å². The molecule has 0 saturated heterocycles. The van der Waals surface area contributed by atoms with Crippen LogP contribution >= 0.6 is 0 Å². The normalized spacial score (nSPS) is 11.8. The van der Waals surface area contributed by atoms with Crippen LogP contribution in [-0.4, -0.2) is 4.57 Å². The van der Waals surface area contributed by atoms with Gasteiger partial charge in [-0.15, -0.1) is 0 Å². The number of aryl methyl sites for hydroxylation is 2. The molecule has 0 aliphatic carbocycles. The summed E-state index contributed by atoms with van der Waals surface area (Å²) in [5.41, 5.74) is 5.08. The van der Waals surface area contributed by atoms with Gasteiger partial charge in [0.25, 0.3) is 0 Å². The van der Waals surface area contributed by atoms with Crippen LogP contribution in [0.3, 0.4) is 0 Å². The van der Waals surface area contributed by atoms with Crippen molar-refractivity contribution in [2.24, 2.45) is 0 Å². The van der Waals surface area contributed by atoms with Gasteiger partial charge >= 0.3 is 0 Å². The van der Waals surface area contributed by atoms with Gasteiger partial charge in [0.05, 0.1) is 0 Å². The minimum atomic E-state index is 0.976. The van der Waals surface area contributed by atoms with Gasteiger partial charge in [0.2, 0.25) is 5.69 Å². The molecule has 0 spiro atoms. The van der Waals surface area contributed by atoms with E-state index >= 15 is 0 Å². The molecule has 0 bridgehead atoms. The Kier molecular flexibility index (Phi) is 4.10. The number of hydrogen-bond acceptors (Lipinski definition) is 0. The molecule has 2 aromatic heterocycles. The number of pyridine rings is 1. The number of nitrogens with zero attached hydrogens (tertiary/aromatic N) is 2. The number of para-hydroxylation sites is 1. The third kappa shape index (κ3) is 2.74. The van der Waals surface area contributed by atoms with E-state index < -0.39 is 0 Å². The summed E-state index contributed by atoms with van der Waals surface area (Å²) in [6.45, 7) is 6.34. The molecule has 2 aromatic carbocycles. The molecule has 124 valence electrons. The second-order valence-electron chi connectivity index (χ2n) is 6.28. The quantitative estimate of drug-likeness (QED) is 0.450. The molecule has 0 aliphatic rings. The molecular weight excluding hydrogens is 304 g/mol. The smallest absolute Gasteiger partial charge is 0.205 e. The van der Waals surface area contributed by atoms with Crippen molar-refractivity contribution in [2.75, 3.05) is 0 Å². The highest BCUT2D eigenvalue weighted by Gasteiger charge is 2.09. The van der Waals surface area contributed by atoms with Crippen molar-refractivity contribution >= 4 is 34.0 Å². The minimum Gasteiger partial charge on any atom is -0.341 e. The molecule has 0 atom stereocenters. The van der Waals surface area contributed by atoms with Crippen LogP contribution in [0.2, 0.25) is 0 Å². The van der Waals surface area contributed by atoms with E-state index in [4.69, 9.17) is 0 Å². The van der Waals surface area contributed by atoms with Gasteiger partial charge in [-0.25, -0.2) is 0 Å². The first-order chi connectivity index (χ1) is 12.3. The lowest BCUT2D eigenvalue weighted by Crippen LogP contribution is -2.34. The maximum absolute atomic E-state index is 2.39. The van der Waals surface area contributed by atoms with Gasteiger partial charge in [-0.2, -0.15) is 4.57 Å². The van der Waals surface area contributed by atoms with Crippen LogP contribution in [0.25, 0.3) is 34.0 Å². The zero-order valence-electron chi connectivity index (χ0n) is 14.8. The van der Waals surface area contributed by atoms with E-state index in [1.165, 1.54) is 33.1 Å². The van der Waals surface area contributed by atoms with Gasteiger partial charge < -0.3 is 4.57 Å². The lowest BCUT2D eigenvalue weighted by atomic mass is 10.1. The Hall–Kier alpha value is -2.87. The maximum Gasteiger partial charge on any atom is 0.205 e. The van der Waals surface area contributed by atoms with Gasteiger partial charge in [-0.05, 0) is 49.8 Å². The van der Waals surface area contributed by atoms with E-state index in [9.17, 15) is 0 Å². The highest BCUT2D eigenvalue weighted by Crippen LogP contribution is 2.30. The van der Waals surface area contributed by atoms with Gasteiger partial charge in [0.15, 0.2) is 6.20 Å². The van der Waals surface area contributed by atoms with Crippen molar-refractivity contribution in [1.82, 2.24) is 4.57 Å². The predicted molar refractivity (Wildman–Crippen MR) is 106 cm³/mol. The number of benzene rings is 2. The summed E-state index contributed by atoms with van der Waals surface area (Å²) in [5, 5.41) is 2.66. The van der Waals surface area contributed by atoms with Crippen LogP contribution in [0.5, 0.6) is 0 Å². The molecule has 0 saturated carbocycles.